The van der Waals surface area contributed by atoms with Crippen LogP contribution in [-0.4, -0.2) is 16.8 Å². The Labute approximate surface area is 126 Å². The molecule has 1 aliphatic heterocycles. The fraction of sp³-hybridized carbons (Fsp3) is 0.385. The summed E-state index contributed by atoms with van der Waals surface area (Å²) in [6.45, 7) is 1.28. The third kappa shape index (κ3) is 3.06. The van der Waals surface area contributed by atoms with Crippen molar-refractivity contribution in [3.8, 4) is 0 Å². The molecule has 2 aromatic rings. The van der Waals surface area contributed by atoms with Gasteiger partial charge in [0.1, 0.15) is 6.10 Å². The molecule has 0 aliphatic carbocycles. The van der Waals surface area contributed by atoms with E-state index in [-0.39, 0.29) is 6.10 Å². The average Bonchev–Trinajstić information content (AvgIpc) is 3.09. The van der Waals surface area contributed by atoms with Gasteiger partial charge in [0.2, 0.25) is 5.89 Å². The molecule has 0 spiro atoms. The van der Waals surface area contributed by atoms with Gasteiger partial charge in [0.15, 0.2) is 0 Å². The maximum absolute atomic E-state index is 5.96. The maximum atomic E-state index is 5.96. The number of hydrogen-bond donors (Lipinski definition) is 1. The molecule has 7 heteroatoms. The fourth-order valence-corrected chi connectivity index (χ4v) is 2.36. The van der Waals surface area contributed by atoms with Crippen molar-refractivity contribution in [2.75, 3.05) is 11.9 Å². The van der Waals surface area contributed by atoms with E-state index in [0.717, 1.165) is 25.0 Å². The van der Waals surface area contributed by atoms with Gasteiger partial charge < -0.3 is 14.5 Å². The van der Waals surface area contributed by atoms with Gasteiger partial charge in [-0.05, 0) is 30.5 Å². The van der Waals surface area contributed by atoms with Crippen LogP contribution in [0, 0.1) is 0 Å². The number of aromatic nitrogens is 2. The van der Waals surface area contributed by atoms with E-state index in [9.17, 15) is 0 Å². The lowest BCUT2D eigenvalue weighted by Gasteiger charge is -2.04. The zero-order valence-corrected chi connectivity index (χ0v) is 12.1. The van der Waals surface area contributed by atoms with Gasteiger partial charge in [-0.1, -0.05) is 34.4 Å². The molecule has 1 unspecified atom stereocenters. The zero-order chi connectivity index (χ0) is 13.9. The van der Waals surface area contributed by atoms with E-state index >= 15 is 0 Å². The van der Waals surface area contributed by atoms with E-state index in [2.05, 4.69) is 15.5 Å². The fourth-order valence-electron chi connectivity index (χ4n) is 2.04. The summed E-state index contributed by atoms with van der Waals surface area (Å²) in [7, 11) is 0. The first-order valence-corrected chi connectivity index (χ1v) is 7.11. The third-order valence-corrected chi connectivity index (χ3v) is 3.81. The minimum Gasteiger partial charge on any atom is -0.405 e. The van der Waals surface area contributed by atoms with Crippen LogP contribution in [0.5, 0.6) is 0 Å². The molecule has 0 radical (unpaired) electrons. The molecule has 0 amide bonds. The number of halogens is 2. The van der Waals surface area contributed by atoms with Crippen molar-refractivity contribution in [1.82, 2.24) is 10.2 Å². The number of nitrogens with zero attached hydrogens (tertiary/aromatic N) is 2. The minimum absolute atomic E-state index is 0.0666. The Morgan fingerprint density at radius 1 is 1.25 bits per heavy atom. The summed E-state index contributed by atoms with van der Waals surface area (Å²) in [6, 6.07) is 5.82. The molecule has 2 heterocycles. The molecule has 1 N–H and O–H groups in total. The van der Waals surface area contributed by atoms with Crippen LogP contribution in [0.25, 0.3) is 0 Å². The van der Waals surface area contributed by atoms with Crippen LogP contribution in [0.3, 0.4) is 0 Å². The monoisotopic (exact) mass is 313 g/mol. The molecule has 1 fully saturated rings. The van der Waals surface area contributed by atoms with Crippen LogP contribution in [0.4, 0.5) is 6.01 Å². The minimum atomic E-state index is -0.0666. The van der Waals surface area contributed by atoms with Crippen molar-refractivity contribution >= 4 is 29.2 Å². The van der Waals surface area contributed by atoms with Crippen LogP contribution >= 0.6 is 23.2 Å². The molecular weight excluding hydrogens is 301 g/mol. The van der Waals surface area contributed by atoms with Crippen molar-refractivity contribution in [1.29, 1.82) is 0 Å². The molecule has 5 nitrogen and oxygen atoms in total. The van der Waals surface area contributed by atoms with Crippen molar-refractivity contribution in [2.24, 2.45) is 0 Å². The van der Waals surface area contributed by atoms with E-state index in [1.165, 1.54) is 0 Å². The number of rotatable bonds is 4. The van der Waals surface area contributed by atoms with Crippen LogP contribution < -0.4 is 5.32 Å². The largest absolute Gasteiger partial charge is 0.405 e. The summed E-state index contributed by atoms with van der Waals surface area (Å²) in [5, 5.41) is 12.1. The summed E-state index contributed by atoms with van der Waals surface area (Å²) in [5.41, 5.74) is 0.983. The lowest BCUT2D eigenvalue weighted by atomic mass is 10.2. The molecule has 20 heavy (non-hydrogen) atoms. The number of anilines is 1. The summed E-state index contributed by atoms with van der Waals surface area (Å²) in [5.74, 6) is 0.527. The predicted octanol–water partition coefficient (Wildman–Crippen LogP) is 3.84. The van der Waals surface area contributed by atoms with Gasteiger partial charge in [0.05, 0.1) is 10.0 Å². The second kappa shape index (κ2) is 5.99. The number of ether oxygens (including phenoxy) is 1. The number of nitrogens with one attached hydrogen (secondary N) is 1. The first kappa shape index (κ1) is 13.7. The molecule has 0 saturated carbocycles. The van der Waals surface area contributed by atoms with E-state index in [1.807, 2.05) is 6.07 Å². The topological polar surface area (TPSA) is 60.2 Å². The maximum Gasteiger partial charge on any atom is 0.315 e. The quantitative estimate of drug-likeness (QED) is 0.929. The highest BCUT2D eigenvalue weighted by atomic mass is 35.5. The molecule has 0 bridgehead atoms. The molecular formula is C13H13Cl2N3O2. The highest BCUT2D eigenvalue weighted by Crippen LogP contribution is 2.28. The van der Waals surface area contributed by atoms with E-state index in [1.54, 1.807) is 12.1 Å². The van der Waals surface area contributed by atoms with Crippen LogP contribution in [0.15, 0.2) is 22.6 Å². The van der Waals surface area contributed by atoms with Crippen LogP contribution in [0.1, 0.15) is 30.4 Å². The summed E-state index contributed by atoms with van der Waals surface area (Å²) < 4.78 is 11.0. The van der Waals surface area contributed by atoms with Crippen molar-refractivity contribution in [3.63, 3.8) is 0 Å². The zero-order valence-electron chi connectivity index (χ0n) is 10.6. The van der Waals surface area contributed by atoms with E-state index < -0.39 is 0 Å². The molecule has 1 aromatic carbocycles. The Morgan fingerprint density at radius 3 is 2.90 bits per heavy atom. The van der Waals surface area contributed by atoms with Gasteiger partial charge in [-0.3, -0.25) is 0 Å². The Morgan fingerprint density at radius 2 is 2.15 bits per heavy atom. The van der Waals surface area contributed by atoms with Crippen LogP contribution in [0.2, 0.25) is 10.0 Å². The predicted molar refractivity (Wildman–Crippen MR) is 76.0 cm³/mol. The lowest BCUT2D eigenvalue weighted by molar-refractivity contribution is 0.0897. The molecule has 1 aliphatic rings. The Kier molecular flexibility index (Phi) is 4.10. The van der Waals surface area contributed by atoms with Gasteiger partial charge >= 0.3 is 6.01 Å². The summed E-state index contributed by atoms with van der Waals surface area (Å²) in [4.78, 5) is 0. The number of hydrogen-bond acceptors (Lipinski definition) is 5. The first-order chi connectivity index (χ1) is 9.72. The standard InChI is InChI=1S/C13H13Cl2N3O2/c14-9-4-3-8(6-10(9)15)7-16-13-18-17-12(20-13)11-2-1-5-19-11/h3-4,6,11H,1-2,5,7H2,(H,16,18). The van der Waals surface area contributed by atoms with Crippen LogP contribution in [-0.2, 0) is 11.3 Å². The average molecular weight is 314 g/mol. The van der Waals surface area contributed by atoms with Gasteiger partial charge in [-0.2, -0.15) is 0 Å². The SMILES string of the molecule is Clc1ccc(CNc2nnc(C3CCCO3)o2)cc1Cl. The Balaban J connectivity index is 1.61. The van der Waals surface area contributed by atoms with Gasteiger partial charge in [-0.15, -0.1) is 5.10 Å². The lowest BCUT2D eigenvalue weighted by Crippen LogP contribution is -1.99. The highest BCUT2D eigenvalue weighted by Gasteiger charge is 2.23. The smallest absolute Gasteiger partial charge is 0.315 e. The number of benzene rings is 1. The van der Waals surface area contributed by atoms with Crippen molar-refractivity contribution in [3.05, 3.63) is 39.7 Å². The normalized spacial score (nSPS) is 18.4. The second-order valence-electron chi connectivity index (χ2n) is 4.55. The van der Waals surface area contributed by atoms with Crippen molar-refractivity contribution in [2.45, 2.75) is 25.5 Å². The Hall–Kier alpha value is -1.30. The first-order valence-electron chi connectivity index (χ1n) is 6.35. The second-order valence-corrected chi connectivity index (χ2v) is 5.36. The summed E-state index contributed by atoms with van der Waals surface area (Å²) in [6.07, 6.45) is 1.89. The van der Waals surface area contributed by atoms with E-state index in [4.69, 9.17) is 32.4 Å². The van der Waals surface area contributed by atoms with Gasteiger partial charge in [0.25, 0.3) is 0 Å². The molecule has 106 valence electrons. The Bertz CT molecular complexity index is 597. The van der Waals surface area contributed by atoms with E-state index in [0.29, 0.717) is 28.5 Å². The highest BCUT2D eigenvalue weighted by molar-refractivity contribution is 6.42. The molecule has 1 atom stereocenters. The molecule has 1 aromatic heterocycles. The molecule has 1 saturated heterocycles. The summed E-state index contributed by atoms with van der Waals surface area (Å²) >= 11 is 11.8. The van der Waals surface area contributed by atoms with Crippen molar-refractivity contribution < 1.29 is 9.15 Å². The molecule has 3 rings (SSSR count). The van der Waals surface area contributed by atoms with Gasteiger partial charge in [0, 0.05) is 13.2 Å². The third-order valence-electron chi connectivity index (χ3n) is 3.07. The van der Waals surface area contributed by atoms with Gasteiger partial charge in [-0.25, -0.2) is 0 Å².